The number of carbonyl (C=O) groups is 2. The van der Waals surface area contributed by atoms with Crippen LogP contribution in [-0.2, 0) is 28.5 Å². The molecule has 156 valence electrons. The second kappa shape index (κ2) is 7.29. The standard InChI is InChI=1S/C20H28N6O3/c1-13-17(14(2)24(3)23-13)19(28)25-9-6-20(7-10-25)18-15(21-12-22-18)5-8-26(20)16(27)11-29-4/h12H,5-11H2,1-4H3,(H,21,22). The zero-order chi connectivity index (χ0) is 20.8. The van der Waals surface area contributed by atoms with E-state index in [1.807, 2.05) is 30.7 Å². The first-order chi connectivity index (χ1) is 13.9. The quantitative estimate of drug-likeness (QED) is 0.827. The number of aromatic nitrogens is 4. The molecule has 2 aliphatic rings. The molecule has 2 amide bonds. The third-order valence-electron chi connectivity index (χ3n) is 6.43. The van der Waals surface area contributed by atoms with E-state index in [0.29, 0.717) is 38.0 Å². The minimum Gasteiger partial charge on any atom is -0.375 e. The van der Waals surface area contributed by atoms with E-state index in [0.717, 1.165) is 29.2 Å². The maximum Gasteiger partial charge on any atom is 0.257 e. The summed E-state index contributed by atoms with van der Waals surface area (Å²) in [7, 11) is 3.39. The number of rotatable bonds is 3. The van der Waals surface area contributed by atoms with Crippen molar-refractivity contribution in [1.82, 2.24) is 29.5 Å². The summed E-state index contributed by atoms with van der Waals surface area (Å²) in [4.78, 5) is 37.6. The number of aryl methyl sites for hydroxylation is 2. The Kier molecular flexibility index (Phi) is 4.94. The van der Waals surface area contributed by atoms with Gasteiger partial charge in [-0.2, -0.15) is 5.10 Å². The van der Waals surface area contributed by atoms with Crippen LogP contribution >= 0.6 is 0 Å². The number of piperidine rings is 1. The lowest BCUT2D eigenvalue weighted by Gasteiger charge is -2.50. The number of hydrogen-bond acceptors (Lipinski definition) is 5. The SMILES string of the molecule is COCC(=O)N1CCc2[nH]cnc2C12CCN(C(=O)c1c(C)nn(C)c1C)CC2. The Morgan fingerprint density at radius 3 is 2.59 bits per heavy atom. The zero-order valence-electron chi connectivity index (χ0n) is 17.5. The molecule has 0 bridgehead atoms. The molecule has 2 aromatic heterocycles. The Morgan fingerprint density at radius 1 is 1.24 bits per heavy atom. The van der Waals surface area contributed by atoms with Crippen LogP contribution in [0.3, 0.4) is 0 Å². The summed E-state index contributed by atoms with van der Waals surface area (Å²) in [6.07, 6.45) is 3.77. The Labute approximate surface area is 170 Å². The number of imidazole rings is 1. The van der Waals surface area contributed by atoms with Gasteiger partial charge in [0.25, 0.3) is 5.91 Å². The number of amides is 2. The van der Waals surface area contributed by atoms with Crippen molar-refractivity contribution >= 4 is 11.8 Å². The smallest absolute Gasteiger partial charge is 0.257 e. The maximum absolute atomic E-state index is 13.2. The number of aromatic amines is 1. The van der Waals surface area contributed by atoms with Crippen molar-refractivity contribution in [2.75, 3.05) is 33.4 Å². The number of H-pyrrole nitrogens is 1. The summed E-state index contributed by atoms with van der Waals surface area (Å²) >= 11 is 0. The number of carbonyl (C=O) groups excluding carboxylic acids is 2. The fraction of sp³-hybridized carbons (Fsp3) is 0.600. The van der Waals surface area contributed by atoms with Gasteiger partial charge >= 0.3 is 0 Å². The molecule has 0 aromatic carbocycles. The van der Waals surface area contributed by atoms with Crippen molar-refractivity contribution in [3.05, 3.63) is 34.7 Å². The molecule has 0 radical (unpaired) electrons. The van der Waals surface area contributed by atoms with Crippen molar-refractivity contribution < 1.29 is 14.3 Å². The van der Waals surface area contributed by atoms with Crippen molar-refractivity contribution in [2.24, 2.45) is 7.05 Å². The third kappa shape index (κ3) is 3.04. The van der Waals surface area contributed by atoms with E-state index in [2.05, 4.69) is 15.1 Å². The van der Waals surface area contributed by atoms with Gasteiger partial charge in [-0.3, -0.25) is 14.3 Å². The van der Waals surface area contributed by atoms with E-state index < -0.39 is 5.54 Å². The van der Waals surface area contributed by atoms with Crippen LogP contribution in [0.15, 0.2) is 6.33 Å². The van der Waals surface area contributed by atoms with Crippen LogP contribution in [-0.4, -0.2) is 74.7 Å². The van der Waals surface area contributed by atoms with Crippen molar-refractivity contribution in [1.29, 1.82) is 0 Å². The molecule has 2 aromatic rings. The molecule has 2 aliphatic heterocycles. The topological polar surface area (TPSA) is 96.3 Å². The summed E-state index contributed by atoms with van der Waals surface area (Å²) in [5.41, 5.74) is 3.84. The van der Waals surface area contributed by atoms with Gasteiger partial charge in [0.1, 0.15) is 6.61 Å². The summed E-state index contributed by atoms with van der Waals surface area (Å²) in [6, 6.07) is 0. The second-order valence-electron chi connectivity index (χ2n) is 7.95. The first-order valence-corrected chi connectivity index (χ1v) is 10.0. The normalized spacial score (nSPS) is 18.2. The van der Waals surface area contributed by atoms with Gasteiger partial charge in [-0.1, -0.05) is 0 Å². The molecule has 9 heteroatoms. The zero-order valence-corrected chi connectivity index (χ0v) is 17.5. The molecule has 0 unspecified atom stereocenters. The molecule has 0 atom stereocenters. The third-order valence-corrected chi connectivity index (χ3v) is 6.43. The molecular formula is C20H28N6O3. The molecular weight excluding hydrogens is 372 g/mol. The van der Waals surface area contributed by atoms with Crippen LogP contribution in [0, 0.1) is 13.8 Å². The van der Waals surface area contributed by atoms with Crippen molar-refractivity contribution in [2.45, 2.75) is 38.6 Å². The molecule has 9 nitrogen and oxygen atoms in total. The first kappa shape index (κ1) is 19.6. The average Bonchev–Trinajstić information content (AvgIpc) is 3.27. The predicted molar refractivity (Wildman–Crippen MR) is 105 cm³/mol. The van der Waals surface area contributed by atoms with Crippen molar-refractivity contribution in [3.63, 3.8) is 0 Å². The lowest BCUT2D eigenvalue weighted by atomic mass is 9.78. The number of nitrogens with zero attached hydrogens (tertiary/aromatic N) is 5. The number of fused-ring (bicyclic) bond motifs is 2. The highest BCUT2D eigenvalue weighted by Crippen LogP contribution is 2.42. The average molecular weight is 400 g/mol. The van der Waals surface area contributed by atoms with Crippen LogP contribution < -0.4 is 0 Å². The number of hydrogen-bond donors (Lipinski definition) is 1. The van der Waals surface area contributed by atoms with Gasteiger partial charge in [0.2, 0.25) is 5.91 Å². The second-order valence-corrected chi connectivity index (χ2v) is 7.95. The maximum atomic E-state index is 13.2. The molecule has 1 N–H and O–H groups in total. The summed E-state index contributed by atoms with van der Waals surface area (Å²) in [6.45, 7) is 5.60. The minimum absolute atomic E-state index is 0.00998. The van der Waals surface area contributed by atoms with Gasteiger partial charge in [0.05, 0.1) is 28.8 Å². The van der Waals surface area contributed by atoms with E-state index in [-0.39, 0.29) is 18.4 Å². The van der Waals surface area contributed by atoms with E-state index in [1.165, 1.54) is 7.11 Å². The molecule has 0 saturated carbocycles. The van der Waals surface area contributed by atoms with Gasteiger partial charge in [-0.15, -0.1) is 0 Å². The monoisotopic (exact) mass is 400 g/mol. The highest BCUT2D eigenvalue weighted by molar-refractivity contribution is 5.96. The van der Waals surface area contributed by atoms with Gasteiger partial charge in [-0.05, 0) is 26.7 Å². The van der Waals surface area contributed by atoms with Crippen LogP contribution in [0.1, 0.15) is 46.0 Å². The lowest BCUT2D eigenvalue weighted by molar-refractivity contribution is -0.145. The van der Waals surface area contributed by atoms with E-state index >= 15 is 0 Å². The van der Waals surface area contributed by atoms with Gasteiger partial charge in [-0.25, -0.2) is 4.98 Å². The van der Waals surface area contributed by atoms with Crippen LogP contribution in [0.2, 0.25) is 0 Å². The Morgan fingerprint density at radius 2 is 1.97 bits per heavy atom. The molecule has 0 aliphatic carbocycles. The number of ether oxygens (including phenoxy) is 1. The number of nitrogens with one attached hydrogen (secondary N) is 1. The van der Waals surface area contributed by atoms with E-state index in [1.54, 1.807) is 11.0 Å². The molecule has 1 saturated heterocycles. The lowest BCUT2D eigenvalue weighted by Crippen LogP contribution is -2.59. The minimum atomic E-state index is -0.487. The Bertz CT molecular complexity index is 938. The molecule has 1 fully saturated rings. The van der Waals surface area contributed by atoms with Gasteiger partial charge < -0.3 is 19.5 Å². The molecule has 1 spiro atoms. The highest BCUT2D eigenvalue weighted by Gasteiger charge is 2.49. The van der Waals surface area contributed by atoms with Crippen LogP contribution in [0.4, 0.5) is 0 Å². The van der Waals surface area contributed by atoms with Gasteiger partial charge in [0, 0.05) is 51.6 Å². The molecule has 4 heterocycles. The largest absolute Gasteiger partial charge is 0.375 e. The van der Waals surface area contributed by atoms with Gasteiger partial charge in [0.15, 0.2) is 0 Å². The molecule has 29 heavy (non-hydrogen) atoms. The van der Waals surface area contributed by atoms with E-state index in [9.17, 15) is 9.59 Å². The highest BCUT2D eigenvalue weighted by atomic mass is 16.5. The summed E-state index contributed by atoms with van der Waals surface area (Å²) in [5, 5.41) is 4.38. The summed E-state index contributed by atoms with van der Waals surface area (Å²) < 4.78 is 6.86. The number of likely N-dealkylation sites (tertiary alicyclic amines) is 1. The van der Waals surface area contributed by atoms with Crippen LogP contribution in [0.5, 0.6) is 0 Å². The predicted octanol–water partition coefficient (Wildman–Crippen LogP) is 0.923. The van der Waals surface area contributed by atoms with Crippen molar-refractivity contribution in [3.8, 4) is 0 Å². The first-order valence-electron chi connectivity index (χ1n) is 10.0. The summed E-state index contributed by atoms with van der Waals surface area (Å²) in [5.74, 6) is -0.0179. The fourth-order valence-corrected chi connectivity index (χ4v) is 4.87. The fourth-order valence-electron chi connectivity index (χ4n) is 4.87. The van der Waals surface area contributed by atoms with E-state index in [4.69, 9.17) is 4.74 Å². The molecule has 4 rings (SSSR count). The Hall–Kier alpha value is -2.68. The van der Waals surface area contributed by atoms with Crippen LogP contribution in [0.25, 0.3) is 0 Å². The number of methoxy groups -OCH3 is 1. The Balaban J connectivity index is 1.60.